The number of halogens is 2. The summed E-state index contributed by atoms with van der Waals surface area (Å²) in [5.74, 6) is -0.680. The summed E-state index contributed by atoms with van der Waals surface area (Å²) < 4.78 is 29.7. The van der Waals surface area contributed by atoms with Crippen LogP contribution in [0.2, 0.25) is 0 Å². The topological polar surface area (TPSA) is 63.1 Å². The number of amides is 1. The van der Waals surface area contributed by atoms with Gasteiger partial charge in [-0.3, -0.25) is 9.69 Å². The monoisotopic (exact) mass is 543 g/mol. The molecule has 4 rings (SSSR count). The second kappa shape index (κ2) is 12.9. The number of nitrogens with one attached hydrogen (secondary N) is 1. The summed E-state index contributed by atoms with van der Waals surface area (Å²) in [6.07, 6.45) is 5.31. The van der Waals surface area contributed by atoms with Gasteiger partial charge in [0.15, 0.2) is 0 Å². The van der Waals surface area contributed by atoms with Gasteiger partial charge in [0.2, 0.25) is 11.8 Å². The second-order valence-electron chi connectivity index (χ2n) is 12.1. The summed E-state index contributed by atoms with van der Waals surface area (Å²) >= 11 is 0. The van der Waals surface area contributed by atoms with E-state index in [1.165, 1.54) is 0 Å². The number of alkyl halides is 2. The Morgan fingerprint density at radius 1 is 1.10 bits per heavy atom. The molecular formula is C31H47F2N5O. The molecule has 1 aliphatic carbocycles. The lowest BCUT2D eigenvalue weighted by molar-refractivity contribution is -0.130. The van der Waals surface area contributed by atoms with Gasteiger partial charge in [0.05, 0.1) is 6.04 Å². The fourth-order valence-electron chi connectivity index (χ4n) is 6.66. The van der Waals surface area contributed by atoms with Gasteiger partial charge in [0, 0.05) is 49.3 Å². The zero-order chi connectivity index (χ0) is 28.2. The first-order valence-electron chi connectivity index (χ1n) is 15.0. The third-order valence-corrected chi connectivity index (χ3v) is 9.02. The van der Waals surface area contributed by atoms with Crippen molar-refractivity contribution in [1.29, 1.82) is 0 Å². The molecule has 4 unspecified atom stereocenters. The van der Waals surface area contributed by atoms with E-state index in [1.807, 2.05) is 18.2 Å². The van der Waals surface area contributed by atoms with Gasteiger partial charge in [-0.1, -0.05) is 51.1 Å². The highest BCUT2D eigenvalue weighted by Crippen LogP contribution is 2.37. The number of carbonyl (C=O) groups excluding carboxylic acids is 1. The van der Waals surface area contributed by atoms with Gasteiger partial charge in [-0.15, -0.1) is 10.2 Å². The van der Waals surface area contributed by atoms with Crippen LogP contribution in [0.4, 0.5) is 8.78 Å². The maximum Gasteiger partial charge on any atom is 0.248 e. The second-order valence-corrected chi connectivity index (χ2v) is 12.1. The van der Waals surface area contributed by atoms with Crippen LogP contribution in [0, 0.1) is 12.8 Å². The molecule has 216 valence electrons. The van der Waals surface area contributed by atoms with E-state index < -0.39 is 5.92 Å². The Morgan fingerprint density at radius 3 is 2.44 bits per heavy atom. The van der Waals surface area contributed by atoms with Crippen LogP contribution in [0.15, 0.2) is 30.3 Å². The number of benzene rings is 1. The quantitative estimate of drug-likeness (QED) is 0.332. The molecule has 2 fully saturated rings. The molecule has 0 radical (unpaired) electrons. The minimum atomic E-state index is -2.63. The molecule has 39 heavy (non-hydrogen) atoms. The Hall–Kier alpha value is -2.35. The van der Waals surface area contributed by atoms with E-state index >= 15 is 0 Å². The molecule has 1 saturated carbocycles. The summed E-state index contributed by atoms with van der Waals surface area (Å²) in [4.78, 5) is 15.8. The third-order valence-electron chi connectivity index (χ3n) is 9.02. The lowest BCUT2D eigenvalue weighted by Gasteiger charge is -2.34. The largest absolute Gasteiger partial charge is 0.349 e. The molecule has 0 spiro atoms. The number of rotatable bonds is 11. The van der Waals surface area contributed by atoms with Crippen molar-refractivity contribution in [3.05, 3.63) is 47.5 Å². The van der Waals surface area contributed by atoms with Gasteiger partial charge < -0.3 is 9.88 Å². The zero-order valence-corrected chi connectivity index (χ0v) is 24.4. The first kappa shape index (κ1) is 29.6. The Labute approximate surface area is 232 Å². The Morgan fingerprint density at radius 2 is 1.79 bits per heavy atom. The van der Waals surface area contributed by atoms with Crippen LogP contribution in [-0.4, -0.2) is 50.1 Å². The Kier molecular flexibility index (Phi) is 9.78. The Bertz CT molecular complexity index is 1060. The molecule has 2 aromatic rings. The van der Waals surface area contributed by atoms with Crippen molar-refractivity contribution in [2.45, 2.75) is 128 Å². The SMILES string of the molecule is CCC(CC1CCC(C)N1CCC(NC(=O)C1CCC(F)(F)CC1)c1ccccc1)n1c(C)nnc1C(C)C. The number of hydrogen-bond acceptors (Lipinski definition) is 4. The van der Waals surface area contributed by atoms with Crippen LogP contribution in [0.3, 0.4) is 0 Å². The number of carbonyl (C=O) groups is 1. The first-order chi connectivity index (χ1) is 18.6. The van der Waals surface area contributed by atoms with Gasteiger partial charge in [-0.25, -0.2) is 8.78 Å². The van der Waals surface area contributed by atoms with Crippen molar-refractivity contribution in [2.24, 2.45) is 5.92 Å². The molecule has 1 saturated heterocycles. The third kappa shape index (κ3) is 7.24. The predicted octanol–water partition coefficient (Wildman–Crippen LogP) is 6.98. The maximum absolute atomic E-state index is 13.7. The van der Waals surface area contributed by atoms with Crippen molar-refractivity contribution < 1.29 is 13.6 Å². The van der Waals surface area contributed by atoms with Gasteiger partial charge >= 0.3 is 0 Å². The zero-order valence-electron chi connectivity index (χ0n) is 24.4. The number of nitrogens with zero attached hydrogens (tertiary/aromatic N) is 4. The van der Waals surface area contributed by atoms with E-state index in [9.17, 15) is 13.6 Å². The molecule has 1 aliphatic heterocycles. The first-order valence-corrected chi connectivity index (χ1v) is 15.0. The van der Waals surface area contributed by atoms with E-state index in [2.05, 4.69) is 71.7 Å². The molecule has 1 N–H and O–H groups in total. The lowest BCUT2D eigenvalue weighted by atomic mass is 9.86. The van der Waals surface area contributed by atoms with Crippen molar-refractivity contribution >= 4 is 5.91 Å². The van der Waals surface area contributed by atoms with E-state index in [0.717, 1.165) is 55.9 Å². The molecule has 1 amide bonds. The standard InChI is InChI=1S/C31H47F2N5O/c1-6-26(38-23(5)35-36-29(38)21(2)3)20-27-13-12-22(4)37(27)19-16-28(24-10-8-7-9-11-24)34-30(39)25-14-17-31(32,33)18-15-25/h7-11,21-22,25-28H,6,12-20H2,1-5H3,(H,34,39). The summed E-state index contributed by atoms with van der Waals surface area (Å²) in [5, 5.41) is 12.1. The number of aromatic nitrogens is 3. The molecule has 1 aromatic heterocycles. The van der Waals surface area contributed by atoms with E-state index in [1.54, 1.807) is 0 Å². The van der Waals surface area contributed by atoms with E-state index in [0.29, 0.717) is 24.0 Å². The molecule has 4 atom stereocenters. The highest BCUT2D eigenvalue weighted by atomic mass is 19.3. The average Bonchev–Trinajstić information content (AvgIpc) is 3.47. The van der Waals surface area contributed by atoms with E-state index in [4.69, 9.17) is 0 Å². The van der Waals surface area contributed by atoms with Gasteiger partial charge in [0.1, 0.15) is 11.6 Å². The minimum absolute atomic E-state index is 0.0827. The maximum atomic E-state index is 13.7. The molecule has 6 nitrogen and oxygen atoms in total. The van der Waals surface area contributed by atoms with Crippen LogP contribution in [-0.2, 0) is 4.79 Å². The van der Waals surface area contributed by atoms with Crippen molar-refractivity contribution in [1.82, 2.24) is 25.0 Å². The highest BCUT2D eigenvalue weighted by Gasteiger charge is 2.38. The predicted molar refractivity (Wildman–Crippen MR) is 151 cm³/mol. The highest BCUT2D eigenvalue weighted by molar-refractivity contribution is 5.79. The van der Waals surface area contributed by atoms with Crippen LogP contribution in [0.1, 0.15) is 121 Å². The molecule has 0 bridgehead atoms. The van der Waals surface area contributed by atoms with Crippen LogP contribution >= 0.6 is 0 Å². The lowest BCUT2D eigenvalue weighted by Crippen LogP contribution is -2.41. The van der Waals surface area contributed by atoms with Crippen molar-refractivity contribution in [2.75, 3.05) is 6.54 Å². The molecule has 2 heterocycles. The molecule has 2 aliphatic rings. The Balaban J connectivity index is 1.44. The minimum Gasteiger partial charge on any atom is -0.349 e. The summed E-state index contributed by atoms with van der Waals surface area (Å²) in [6.45, 7) is 11.8. The van der Waals surface area contributed by atoms with E-state index in [-0.39, 0.29) is 43.6 Å². The summed E-state index contributed by atoms with van der Waals surface area (Å²) in [5.41, 5.74) is 1.07. The number of aryl methyl sites for hydroxylation is 1. The summed E-state index contributed by atoms with van der Waals surface area (Å²) in [7, 11) is 0. The van der Waals surface area contributed by atoms with Gasteiger partial charge in [0.25, 0.3) is 0 Å². The number of likely N-dealkylation sites (tertiary alicyclic amines) is 1. The van der Waals surface area contributed by atoms with Crippen molar-refractivity contribution in [3.8, 4) is 0 Å². The fourth-order valence-corrected chi connectivity index (χ4v) is 6.66. The smallest absolute Gasteiger partial charge is 0.248 e. The normalized spacial score (nSPS) is 23.7. The van der Waals surface area contributed by atoms with Crippen LogP contribution in [0.25, 0.3) is 0 Å². The molecule has 8 heteroatoms. The fraction of sp³-hybridized carbons (Fsp3) is 0.710. The molecule has 1 aromatic carbocycles. The number of hydrogen-bond donors (Lipinski definition) is 1. The summed E-state index contributed by atoms with van der Waals surface area (Å²) in [6, 6.07) is 11.2. The van der Waals surface area contributed by atoms with Gasteiger partial charge in [-0.05, 0) is 64.4 Å². The van der Waals surface area contributed by atoms with Crippen LogP contribution in [0.5, 0.6) is 0 Å². The average molecular weight is 544 g/mol. The van der Waals surface area contributed by atoms with Crippen LogP contribution < -0.4 is 5.32 Å². The molecular weight excluding hydrogens is 496 g/mol. The van der Waals surface area contributed by atoms with Gasteiger partial charge in [-0.2, -0.15) is 0 Å². The van der Waals surface area contributed by atoms with Crippen molar-refractivity contribution in [3.63, 3.8) is 0 Å².